The average molecular weight is 555 g/mol. The highest BCUT2D eigenvalue weighted by atomic mass is 19.3. The van der Waals surface area contributed by atoms with E-state index in [2.05, 4.69) is 0 Å². The number of hydrogen-bond donors (Lipinski definition) is 1. The molecule has 39 heavy (non-hydrogen) atoms. The molecule has 0 spiro atoms. The first kappa shape index (κ1) is 31.4. The van der Waals surface area contributed by atoms with Gasteiger partial charge in [0.05, 0.1) is 24.1 Å². The van der Waals surface area contributed by atoms with Crippen LogP contribution in [0.5, 0.6) is 11.5 Å². The van der Waals surface area contributed by atoms with Crippen molar-refractivity contribution in [3.8, 4) is 11.5 Å². The summed E-state index contributed by atoms with van der Waals surface area (Å²) in [5.74, 6) is -3.69. The van der Waals surface area contributed by atoms with Crippen molar-refractivity contribution in [3.05, 3.63) is 63.7 Å². The van der Waals surface area contributed by atoms with E-state index in [1.54, 1.807) is 38.1 Å². The Kier molecular flexibility index (Phi) is 12.0. The minimum atomic E-state index is -3.03. The third-order valence-corrected chi connectivity index (χ3v) is 5.32. The molecule has 0 heterocycles. The third-order valence-electron chi connectivity index (χ3n) is 5.32. The molecule has 1 atom stereocenters. The Morgan fingerprint density at radius 2 is 1.74 bits per heavy atom. The van der Waals surface area contributed by atoms with Crippen LogP contribution < -0.4 is 9.47 Å². The molecule has 11 nitrogen and oxygen atoms in total. The smallest absolute Gasteiger partial charge is 0.415 e. The second-order valence-corrected chi connectivity index (χ2v) is 8.66. The molecule has 0 saturated heterocycles. The number of aliphatic carboxylic acids is 1. The number of rotatable bonds is 16. The summed E-state index contributed by atoms with van der Waals surface area (Å²) in [6.07, 6.45) is -1.65. The van der Waals surface area contributed by atoms with Crippen molar-refractivity contribution in [2.45, 2.75) is 39.2 Å². The molecule has 0 fully saturated rings. The van der Waals surface area contributed by atoms with E-state index in [1.807, 2.05) is 0 Å². The van der Waals surface area contributed by atoms with Gasteiger partial charge in [0.15, 0.2) is 6.10 Å². The van der Waals surface area contributed by atoms with E-state index in [0.717, 1.165) is 11.6 Å². The largest absolute Gasteiger partial charge is 0.492 e. The van der Waals surface area contributed by atoms with E-state index in [4.69, 9.17) is 18.9 Å². The van der Waals surface area contributed by atoms with Gasteiger partial charge in [-0.3, -0.25) is 10.1 Å². The summed E-state index contributed by atoms with van der Waals surface area (Å²) in [4.78, 5) is 35.8. The van der Waals surface area contributed by atoms with Gasteiger partial charge >= 0.3 is 12.1 Å². The zero-order valence-electron chi connectivity index (χ0n) is 21.9. The summed E-state index contributed by atoms with van der Waals surface area (Å²) in [7, 11) is 0. The molecule has 13 heteroatoms. The van der Waals surface area contributed by atoms with E-state index in [9.17, 15) is 33.6 Å². The van der Waals surface area contributed by atoms with Gasteiger partial charge < -0.3 is 29.0 Å². The van der Waals surface area contributed by atoms with Crippen LogP contribution in [0.3, 0.4) is 0 Å². The minimum Gasteiger partial charge on any atom is -0.492 e. The van der Waals surface area contributed by atoms with Crippen molar-refractivity contribution >= 4 is 17.7 Å². The first-order valence-corrected chi connectivity index (χ1v) is 12.1. The van der Waals surface area contributed by atoms with Gasteiger partial charge in [-0.05, 0) is 43.7 Å². The minimum absolute atomic E-state index is 0.00310. The summed E-state index contributed by atoms with van der Waals surface area (Å²) >= 11 is 0. The number of nitrogens with zero attached hydrogens (tertiary/aromatic N) is 2. The molecule has 0 aliphatic carbocycles. The molecule has 2 rings (SSSR count). The number of ether oxygens (including phenoxy) is 4. The summed E-state index contributed by atoms with van der Waals surface area (Å²) in [6, 6.07) is 10.6. The number of amides is 1. The Hall–Kier alpha value is -3.84. The third kappa shape index (κ3) is 11.2. The van der Waals surface area contributed by atoms with Gasteiger partial charge in [0.25, 0.3) is 11.6 Å². The number of carboxylic acids is 1. The molecule has 214 valence electrons. The van der Waals surface area contributed by atoms with Crippen LogP contribution in [0.4, 0.5) is 19.3 Å². The van der Waals surface area contributed by atoms with Crippen LogP contribution in [-0.4, -0.2) is 78.5 Å². The second kappa shape index (κ2) is 14.9. The number of aryl methyl sites for hydroxylation is 1. The van der Waals surface area contributed by atoms with Gasteiger partial charge in [-0.25, -0.2) is 18.4 Å². The van der Waals surface area contributed by atoms with Crippen molar-refractivity contribution in [2.24, 2.45) is 0 Å². The number of hydrogen-bond acceptors (Lipinski definition) is 8. The first-order valence-electron chi connectivity index (χ1n) is 12.1. The first-order chi connectivity index (χ1) is 18.4. The predicted molar refractivity (Wildman–Crippen MR) is 136 cm³/mol. The SMILES string of the molecule is CCOC(Cc1ccc(OCCN(CCOCC(C)(F)F)C(=O)Oc2ccc(C)c([N+](=O)[O-])c2)cc1)C(=O)O. The van der Waals surface area contributed by atoms with Crippen molar-refractivity contribution in [3.63, 3.8) is 0 Å². The molecule has 0 radical (unpaired) electrons. The monoisotopic (exact) mass is 554 g/mol. The number of halogens is 2. The molecule has 0 aliphatic rings. The fourth-order valence-corrected chi connectivity index (χ4v) is 3.36. The zero-order chi connectivity index (χ0) is 29.0. The molecule has 2 aromatic carbocycles. The van der Waals surface area contributed by atoms with Crippen LogP contribution in [0.25, 0.3) is 0 Å². The van der Waals surface area contributed by atoms with E-state index >= 15 is 0 Å². The molecular weight excluding hydrogens is 522 g/mol. The maximum atomic E-state index is 13.1. The Morgan fingerprint density at radius 1 is 1.10 bits per heavy atom. The van der Waals surface area contributed by atoms with Gasteiger partial charge in [0.1, 0.15) is 24.7 Å². The molecule has 0 aromatic heterocycles. The maximum absolute atomic E-state index is 13.1. The average Bonchev–Trinajstić information content (AvgIpc) is 2.86. The van der Waals surface area contributed by atoms with Crippen molar-refractivity contribution < 1.29 is 47.3 Å². The fraction of sp³-hybridized carbons (Fsp3) is 0.462. The normalized spacial score (nSPS) is 12.0. The van der Waals surface area contributed by atoms with Gasteiger partial charge in [-0.1, -0.05) is 12.1 Å². The summed E-state index contributed by atoms with van der Waals surface area (Å²) in [6.45, 7) is 3.10. The number of alkyl halides is 2. The molecule has 1 N–H and O–H groups in total. The number of carboxylic acid groups (broad SMARTS) is 1. The standard InChI is InChI=1S/C26H32F2N2O9/c1-4-37-23(24(31)32)15-19-6-9-20(10-7-19)38-14-12-29(11-13-36-17-26(3,27)28)25(33)39-21-8-5-18(2)22(16-21)30(34)35/h5-10,16,23H,4,11-15,17H2,1-3H3,(H,31,32). The lowest BCUT2D eigenvalue weighted by Crippen LogP contribution is -2.39. The molecule has 0 bridgehead atoms. The van der Waals surface area contributed by atoms with E-state index in [0.29, 0.717) is 18.2 Å². The Bertz CT molecular complexity index is 1110. The summed E-state index contributed by atoms with van der Waals surface area (Å²) < 4.78 is 47.2. The number of benzene rings is 2. The van der Waals surface area contributed by atoms with Crippen LogP contribution in [0.2, 0.25) is 0 Å². The number of nitro benzene ring substituents is 1. The zero-order valence-corrected chi connectivity index (χ0v) is 21.9. The van der Waals surface area contributed by atoms with Gasteiger partial charge in [-0.2, -0.15) is 0 Å². The van der Waals surface area contributed by atoms with Crippen LogP contribution in [-0.2, 0) is 20.7 Å². The van der Waals surface area contributed by atoms with Crippen LogP contribution in [0, 0.1) is 17.0 Å². The number of carbonyl (C=O) groups excluding carboxylic acids is 1. The second-order valence-electron chi connectivity index (χ2n) is 8.66. The summed E-state index contributed by atoms with van der Waals surface area (Å²) in [5.41, 5.74) is 0.898. The molecular formula is C26H32F2N2O9. The van der Waals surface area contributed by atoms with Crippen LogP contribution in [0.15, 0.2) is 42.5 Å². The van der Waals surface area contributed by atoms with Crippen molar-refractivity contribution in [2.75, 3.05) is 39.5 Å². The number of carbonyl (C=O) groups is 2. The fourth-order valence-electron chi connectivity index (χ4n) is 3.36. The van der Waals surface area contributed by atoms with Gasteiger partial charge in [-0.15, -0.1) is 0 Å². The summed E-state index contributed by atoms with van der Waals surface area (Å²) in [5, 5.41) is 20.4. The lowest BCUT2D eigenvalue weighted by atomic mass is 10.1. The highest BCUT2D eigenvalue weighted by Crippen LogP contribution is 2.24. The molecule has 2 aromatic rings. The maximum Gasteiger partial charge on any atom is 0.415 e. The Balaban J connectivity index is 2.00. The van der Waals surface area contributed by atoms with Crippen molar-refractivity contribution in [1.29, 1.82) is 0 Å². The Labute approximate surface area is 224 Å². The lowest BCUT2D eigenvalue weighted by Gasteiger charge is -2.22. The lowest BCUT2D eigenvalue weighted by molar-refractivity contribution is -0.385. The van der Waals surface area contributed by atoms with Crippen molar-refractivity contribution in [1.82, 2.24) is 4.90 Å². The van der Waals surface area contributed by atoms with E-state index in [1.165, 1.54) is 17.0 Å². The van der Waals surface area contributed by atoms with Gasteiger partial charge in [0.2, 0.25) is 0 Å². The molecule has 1 unspecified atom stereocenters. The highest BCUT2D eigenvalue weighted by Gasteiger charge is 2.23. The topological polar surface area (TPSA) is 138 Å². The Morgan fingerprint density at radius 3 is 2.33 bits per heavy atom. The quantitative estimate of drug-likeness (QED) is 0.181. The van der Waals surface area contributed by atoms with Crippen LogP contribution in [0.1, 0.15) is 25.0 Å². The predicted octanol–water partition coefficient (Wildman–Crippen LogP) is 4.49. The molecule has 1 amide bonds. The van der Waals surface area contributed by atoms with E-state index < -0.39 is 35.6 Å². The van der Waals surface area contributed by atoms with E-state index in [-0.39, 0.29) is 50.8 Å². The van der Waals surface area contributed by atoms with Crippen LogP contribution >= 0.6 is 0 Å². The number of nitro groups is 1. The van der Waals surface area contributed by atoms with Gasteiger partial charge in [0, 0.05) is 32.1 Å². The molecule has 0 aliphatic heterocycles. The molecule has 0 saturated carbocycles. The highest BCUT2D eigenvalue weighted by molar-refractivity contribution is 5.72.